The van der Waals surface area contributed by atoms with Crippen LogP contribution in [0.5, 0.6) is 11.5 Å². The minimum atomic E-state index is -0.813. The summed E-state index contributed by atoms with van der Waals surface area (Å²) in [5, 5.41) is 13.3. The maximum Gasteiger partial charge on any atom is 0.258 e. The molecule has 10 nitrogen and oxygen atoms in total. The van der Waals surface area contributed by atoms with Crippen LogP contribution in [0.15, 0.2) is 30.7 Å². The van der Waals surface area contributed by atoms with Crippen LogP contribution < -0.4 is 15.2 Å². The molecule has 1 aliphatic heterocycles. The first kappa shape index (κ1) is 20.9. The highest BCUT2D eigenvalue weighted by Gasteiger charge is 2.23. The number of rotatable bonds is 8. The molecule has 0 radical (unpaired) electrons. The lowest BCUT2D eigenvalue weighted by Gasteiger charge is -2.17. The Kier molecular flexibility index (Phi) is 5.90. The van der Waals surface area contributed by atoms with E-state index in [0.717, 1.165) is 17.1 Å². The predicted octanol–water partition coefficient (Wildman–Crippen LogP) is 1.79. The lowest BCUT2D eigenvalue weighted by molar-refractivity contribution is -0.125. The quantitative estimate of drug-likeness (QED) is 0.561. The molecule has 3 heterocycles. The van der Waals surface area contributed by atoms with Crippen LogP contribution in [0.2, 0.25) is 0 Å². The van der Waals surface area contributed by atoms with E-state index in [1.165, 1.54) is 6.33 Å². The number of ether oxygens (including phenoxy) is 2. The Morgan fingerprint density at radius 3 is 2.94 bits per heavy atom. The fourth-order valence-corrected chi connectivity index (χ4v) is 3.55. The summed E-state index contributed by atoms with van der Waals surface area (Å²) in [6.45, 7) is 5.15. The molecule has 0 saturated heterocycles. The van der Waals surface area contributed by atoms with Crippen molar-refractivity contribution in [2.45, 2.75) is 45.4 Å². The van der Waals surface area contributed by atoms with Gasteiger partial charge in [0.15, 0.2) is 11.9 Å². The van der Waals surface area contributed by atoms with Gasteiger partial charge in [-0.1, -0.05) is 0 Å². The summed E-state index contributed by atoms with van der Waals surface area (Å²) < 4.78 is 15.6. The van der Waals surface area contributed by atoms with Gasteiger partial charge in [-0.05, 0) is 38.8 Å². The molecule has 2 aromatic heterocycles. The number of hydrogen-bond donors (Lipinski definition) is 2. The van der Waals surface area contributed by atoms with Gasteiger partial charge in [0.1, 0.15) is 36.0 Å². The van der Waals surface area contributed by atoms with Crippen LogP contribution in [0.1, 0.15) is 32.7 Å². The number of primary amides is 1. The van der Waals surface area contributed by atoms with Crippen molar-refractivity contribution in [1.29, 1.82) is 0 Å². The van der Waals surface area contributed by atoms with Gasteiger partial charge >= 0.3 is 0 Å². The summed E-state index contributed by atoms with van der Waals surface area (Å²) in [6, 6.07) is 5.52. The van der Waals surface area contributed by atoms with Crippen molar-refractivity contribution >= 4 is 5.91 Å². The van der Waals surface area contributed by atoms with Gasteiger partial charge in [-0.25, -0.2) is 14.6 Å². The number of nitrogens with two attached hydrogens (primary N) is 1. The Balaban J connectivity index is 1.65. The second-order valence-electron chi connectivity index (χ2n) is 7.65. The molecular weight excluding hydrogens is 400 g/mol. The summed E-state index contributed by atoms with van der Waals surface area (Å²) >= 11 is 0. The lowest BCUT2D eigenvalue weighted by Crippen LogP contribution is -2.33. The predicted molar refractivity (Wildman–Crippen MR) is 112 cm³/mol. The Morgan fingerprint density at radius 2 is 2.19 bits per heavy atom. The first-order valence-corrected chi connectivity index (χ1v) is 10.3. The smallest absolute Gasteiger partial charge is 0.258 e. The maximum absolute atomic E-state index is 11.7. The molecule has 0 spiro atoms. The Morgan fingerprint density at radius 1 is 1.35 bits per heavy atom. The summed E-state index contributed by atoms with van der Waals surface area (Å²) in [6.07, 6.45) is 3.45. The van der Waals surface area contributed by atoms with E-state index in [-0.39, 0.29) is 12.6 Å². The van der Waals surface area contributed by atoms with E-state index in [1.54, 1.807) is 12.1 Å². The van der Waals surface area contributed by atoms with Gasteiger partial charge < -0.3 is 24.9 Å². The van der Waals surface area contributed by atoms with Gasteiger partial charge in [-0.2, -0.15) is 5.10 Å². The molecule has 3 aromatic rings. The molecule has 31 heavy (non-hydrogen) atoms. The number of fused-ring (bicyclic) bond motifs is 3. The number of nitrogens with zero attached hydrogens (tertiary/aromatic N) is 5. The van der Waals surface area contributed by atoms with Crippen LogP contribution in [-0.4, -0.2) is 54.6 Å². The maximum atomic E-state index is 11.7. The molecule has 0 unspecified atom stereocenters. The van der Waals surface area contributed by atoms with E-state index in [9.17, 15) is 4.79 Å². The van der Waals surface area contributed by atoms with E-state index in [2.05, 4.69) is 10.1 Å². The highest BCUT2D eigenvalue weighted by Crippen LogP contribution is 2.36. The zero-order chi connectivity index (χ0) is 22.0. The molecule has 10 heteroatoms. The molecule has 0 saturated carbocycles. The monoisotopic (exact) mass is 426 g/mol. The minimum absolute atomic E-state index is 0.0317. The molecule has 3 N–H and O–H groups in total. The molecule has 0 fully saturated rings. The second kappa shape index (κ2) is 8.76. The summed E-state index contributed by atoms with van der Waals surface area (Å²) in [5.74, 6) is 1.99. The van der Waals surface area contributed by atoms with Crippen molar-refractivity contribution in [2.75, 3.05) is 13.2 Å². The first-order valence-electron chi connectivity index (χ1n) is 10.3. The van der Waals surface area contributed by atoms with E-state index in [0.29, 0.717) is 43.3 Å². The minimum Gasteiger partial charge on any atom is -0.491 e. The van der Waals surface area contributed by atoms with E-state index in [1.807, 2.05) is 35.4 Å². The van der Waals surface area contributed by atoms with Crippen LogP contribution in [0.4, 0.5) is 0 Å². The van der Waals surface area contributed by atoms with Crippen molar-refractivity contribution in [3.63, 3.8) is 0 Å². The molecule has 4 rings (SSSR count). The number of aliphatic hydroxyl groups excluding tert-OH is 1. The third kappa shape index (κ3) is 4.24. The third-order valence-corrected chi connectivity index (χ3v) is 5.07. The number of aromatic nitrogens is 5. The highest BCUT2D eigenvalue weighted by atomic mass is 16.5. The molecule has 164 valence electrons. The fraction of sp³-hybridized carbons (Fsp3) is 0.429. The van der Waals surface area contributed by atoms with Crippen molar-refractivity contribution < 1.29 is 19.4 Å². The number of amides is 1. The Labute approximate surface area is 179 Å². The topological polar surface area (TPSA) is 130 Å². The van der Waals surface area contributed by atoms with Gasteiger partial charge in [0.2, 0.25) is 0 Å². The van der Waals surface area contributed by atoms with Gasteiger partial charge in [-0.15, -0.1) is 0 Å². The van der Waals surface area contributed by atoms with Gasteiger partial charge in [0, 0.05) is 24.9 Å². The van der Waals surface area contributed by atoms with Crippen LogP contribution in [0.25, 0.3) is 22.9 Å². The van der Waals surface area contributed by atoms with Crippen molar-refractivity contribution in [3.05, 3.63) is 30.7 Å². The summed E-state index contributed by atoms with van der Waals surface area (Å²) in [4.78, 5) is 20.9. The van der Waals surface area contributed by atoms with Crippen molar-refractivity contribution in [3.8, 4) is 34.4 Å². The molecule has 1 aliphatic rings. The van der Waals surface area contributed by atoms with Gasteiger partial charge in [-0.3, -0.25) is 4.79 Å². The standard InChI is InChI=1S/C21H26N6O4/c1-13(2)27-21(23-12-24-27)16-11-26-7-9-30-18-10-14(5-6-15(18)20(26)25-16)31-17(19(22)29)4-3-8-28/h5-6,10-13,17,28H,3-4,7-9H2,1-2H3,(H2,22,29)/t17-/m0/s1. The number of hydrogen-bond acceptors (Lipinski definition) is 7. The molecule has 1 amide bonds. The number of carbonyl (C=O) groups excluding carboxylic acids is 1. The van der Waals surface area contributed by atoms with E-state index in [4.69, 9.17) is 25.3 Å². The van der Waals surface area contributed by atoms with Crippen molar-refractivity contribution in [2.24, 2.45) is 5.73 Å². The largest absolute Gasteiger partial charge is 0.491 e. The van der Waals surface area contributed by atoms with Crippen LogP contribution in [0, 0.1) is 0 Å². The molecule has 1 aromatic carbocycles. The van der Waals surface area contributed by atoms with Crippen molar-refractivity contribution in [1.82, 2.24) is 24.3 Å². The SMILES string of the molecule is CC(C)n1ncnc1-c1cn2c(n1)-c1ccc(O[C@@H](CCCO)C(N)=O)cc1OCC2. The number of benzene rings is 1. The van der Waals surface area contributed by atoms with Crippen LogP contribution in [0.3, 0.4) is 0 Å². The normalized spacial score (nSPS) is 13.8. The van der Waals surface area contributed by atoms with Gasteiger partial charge in [0.05, 0.1) is 12.1 Å². The lowest BCUT2D eigenvalue weighted by atomic mass is 10.1. The average Bonchev–Trinajstić information content (AvgIpc) is 3.35. The zero-order valence-electron chi connectivity index (χ0n) is 17.6. The number of aliphatic hydroxyl groups is 1. The molecule has 1 atom stereocenters. The van der Waals surface area contributed by atoms with E-state index < -0.39 is 12.0 Å². The fourth-order valence-electron chi connectivity index (χ4n) is 3.55. The Hall–Kier alpha value is -3.40. The van der Waals surface area contributed by atoms with Crippen LogP contribution >= 0.6 is 0 Å². The summed E-state index contributed by atoms with van der Waals surface area (Å²) in [7, 11) is 0. The molecule has 0 bridgehead atoms. The van der Waals surface area contributed by atoms with Gasteiger partial charge in [0.25, 0.3) is 5.91 Å². The summed E-state index contributed by atoms with van der Waals surface area (Å²) in [5.41, 5.74) is 6.99. The second-order valence-corrected chi connectivity index (χ2v) is 7.65. The van der Waals surface area contributed by atoms with Crippen LogP contribution in [-0.2, 0) is 11.3 Å². The number of imidazole rings is 1. The molecule has 0 aliphatic carbocycles. The number of carbonyl (C=O) groups is 1. The van der Waals surface area contributed by atoms with E-state index >= 15 is 0 Å². The third-order valence-electron chi connectivity index (χ3n) is 5.07. The Bertz CT molecular complexity index is 1070. The average molecular weight is 426 g/mol. The first-order chi connectivity index (χ1) is 15.0. The highest BCUT2D eigenvalue weighted by molar-refractivity contribution is 5.79. The zero-order valence-corrected chi connectivity index (χ0v) is 17.6. The molecular formula is C21H26N6O4.